The molecular weight excluding hydrogens is 403 g/mol. The highest BCUT2D eigenvalue weighted by Crippen LogP contribution is 2.35. The van der Waals surface area contributed by atoms with Crippen LogP contribution < -0.4 is 14.8 Å². The molecule has 0 atom stereocenters. The summed E-state index contributed by atoms with van der Waals surface area (Å²) in [6.45, 7) is 0. The van der Waals surface area contributed by atoms with Crippen LogP contribution in [-0.4, -0.2) is 25.1 Å². The molecule has 28 heavy (non-hydrogen) atoms. The number of halogens is 2. The molecule has 0 saturated heterocycles. The third kappa shape index (κ3) is 4.68. The predicted octanol–water partition coefficient (Wildman–Crippen LogP) is 5.27. The summed E-state index contributed by atoms with van der Waals surface area (Å²) in [5, 5.41) is 5.66. The number of carbonyl (C=O) groups excluding carboxylic acids is 1. The summed E-state index contributed by atoms with van der Waals surface area (Å²) in [6, 6.07) is 9.24. The zero-order chi connectivity index (χ0) is 20.1. The molecule has 1 heterocycles. The summed E-state index contributed by atoms with van der Waals surface area (Å²) >= 11 is 7.47. The first-order valence-electron chi connectivity index (χ1n) is 8.12. The molecule has 5 nitrogen and oxygen atoms in total. The highest BCUT2D eigenvalue weighted by atomic mass is 35.5. The van der Waals surface area contributed by atoms with Crippen LogP contribution in [0.5, 0.6) is 11.5 Å². The van der Waals surface area contributed by atoms with Crippen LogP contribution in [0.3, 0.4) is 0 Å². The fourth-order valence-corrected chi connectivity index (χ4v) is 3.41. The number of carbonyl (C=O) groups is 1. The number of thiazole rings is 1. The fraction of sp³-hybridized carbons (Fsp3) is 0.100. The Kier molecular flexibility index (Phi) is 6.28. The van der Waals surface area contributed by atoms with Crippen molar-refractivity contribution >= 4 is 40.6 Å². The minimum absolute atomic E-state index is 0.300. The fourth-order valence-electron chi connectivity index (χ4n) is 2.38. The molecule has 1 N–H and O–H groups in total. The molecule has 1 amide bonds. The van der Waals surface area contributed by atoms with Gasteiger partial charge >= 0.3 is 0 Å². The topological polar surface area (TPSA) is 60.5 Å². The third-order valence-electron chi connectivity index (χ3n) is 3.75. The van der Waals surface area contributed by atoms with E-state index in [2.05, 4.69) is 10.3 Å². The highest BCUT2D eigenvalue weighted by molar-refractivity contribution is 7.13. The minimum Gasteiger partial charge on any atom is -0.495 e. The lowest BCUT2D eigenvalue weighted by atomic mass is 10.2. The number of nitrogens with zero attached hydrogens (tertiary/aromatic N) is 1. The van der Waals surface area contributed by atoms with E-state index in [0.29, 0.717) is 27.9 Å². The molecule has 0 fully saturated rings. The first-order chi connectivity index (χ1) is 13.5. The van der Waals surface area contributed by atoms with Crippen molar-refractivity contribution in [2.45, 2.75) is 0 Å². The van der Waals surface area contributed by atoms with Crippen molar-refractivity contribution in [3.05, 3.63) is 64.4 Å². The Morgan fingerprint density at radius 2 is 1.89 bits per heavy atom. The second-order valence-electron chi connectivity index (χ2n) is 5.59. The molecule has 0 aliphatic carbocycles. The van der Waals surface area contributed by atoms with Crippen LogP contribution in [-0.2, 0) is 4.79 Å². The van der Waals surface area contributed by atoms with Gasteiger partial charge in [-0.15, -0.1) is 11.3 Å². The van der Waals surface area contributed by atoms with Gasteiger partial charge in [0.2, 0.25) is 5.91 Å². The van der Waals surface area contributed by atoms with Gasteiger partial charge in [-0.3, -0.25) is 4.79 Å². The number of benzene rings is 2. The van der Waals surface area contributed by atoms with E-state index in [0.717, 1.165) is 10.6 Å². The van der Waals surface area contributed by atoms with E-state index < -0.39 is 0 Å². The molecule has 0 aliphatic heterocycles. The average Bonchev–Trinajstić information content (AvgIpc) is 3.17. The third-order valence-corrected chi connectivity index (χ3v) is 4.96. The Labute approximate surface area is 170 Å². The lowest BCUT2D eigenvalue weighted by Crippen LogP contribution is -2.09. The van der Waals surface area contributed by atoms with Crippen LogP contribution in [0, 0.1) is 5.82 Å². The van der Waals surface area contributed by atoms with Crippen molar-refractivity contribution in [3.63, 3.8) is 0 Å². The maximum Gasteiger partial charge on any atom is 0.248 e. The smallest absolute Gasteiger partial charge is 0.248 e. The van der Waals surface area contributed by atoms with Crippen molar-refractivity contribution in [1.29, 1.82) is 0 Å². The Morgan fingerprint density at radius 3 is 2.57 bits per heavy atom. The van der Waals surface area contributed by atoms with Gasteiger partial charge in [0.25, 0.3) is 0 Å². The van der Waals surface area contributed by atoms with E-state index in [1.165, 1.54) is 43.8 Å². The molecule has 1 aromatic heterocycles. The summed E-state index contributed by atoms with van der Waals surface area (Å²) < 4.78 is 23.4. The average molecular weight is 419 g/mol. The first-order valence-corrected chi connectivity index (χ1v) is 9.38. The van der Waals surface area contributed by atoms with Crippen LogP contribution in [0.2, 0.25) is 5.02 Å². The van der Waals surface area contributed by atoms with Gasteiger partial charge in [0.05, 0.1) is 30.6 Å². The van der Waals surface area contributed by atoms with Gasteiger partial charge in [-0.05, 0) is 30.3 Å². The molecule has 3 aromatic rings. The van der Waals surface area contributed by atoms with Gasteiger partial charge in [-0.1, -0.05) is 11.6 Å². The first kappa shape index (κ1) is 19.9. The van der Waals surface area contributed by atoms with Gasteiger partial charge in [0.1, 0.15) is 22.3 Å². The number of aromatic nitrogens is 1. The van der Waals surface area contributed by atoms with E-state index in [1.54, 1.807) is 30.3 Å². The Balaban J connectivity index is 1.72. The molecule has 0 radical (unpaired) electrons. The molecule has 144 valence electrons. The largest absolute Gasteiger partial charge is 0.495 e. The zero-order valence-electron chi connectivity index (χ0n) is 15.0. The second kappa shape index (κ2) is 8.86. The molecular formula is C20H16ClFN2O3S. The molecule has 3 rings (SSSR count). The van der Waals surface area contributed by atoms with Crippen LogP contribution >= 0.6 is 22.9 Å². The molecule has 0 aliphatic rings. The SMILES string of the molecule is COc1cc(NC(=O)/C=C/c2csc(-c3ccc(F)cc3)n2)c(OC)cc1Cl. The van der Waals surface area contributed by atoms with Gasteiger partial charge in [-0.25, -0.2) is 9.37 Å². The summed E-state index contributed by atoms with van der Waals surface area (Å²) in [6.07, 6.45) is 2.96. The number of hydrogen-bond acceptors (Lipinski definition) is 5. The molecule has 2 aromatic carbocycles. The number of nitrogens with one attached hydrogen (secondary N) is 1. The Hall–Kier alpha value is -2.90. The van der Waals surface area contributed by atoms with E-state index >= 15 is 0 Å². The number of hydrogen-bond donors (Lipinski definition) is 1. The minimum atomic E-state index is -0.362. The summed E-state index contributed by atoms with van der Waals surface area (Å²) in [7, 11) is 2.97. The summed E-state index contributed by atoms with van der Waals surface area (Å²) in [5.74, 6) is 0.176. The van der Waals surface area contributed by atoms with Crippen molar-refractivity contribution in [2.24, 2.45) is 0 Å². The van der Waals surface area contributed by atoms with E-state index in [4.69, 9.17) is 21.1 Å². The number of amides is 1. The van der Waals surface area contributed by atoms with Gasteiger partial charge in [0, 0.05) is 29.2 Å². The summed E-state index contributed by atoms with van der Waals surface area (Å²) in [4.78, 5) is 16.7. The Morgan fingerprint density at radius 1 is 1.18 bits per heavy atom. The monoisotopic (exact) mass is 418 g/mol. The van der Waals surface area contributed by atoms with Crippen molar-refractivity contribution in [2.75, 3.05) is 19.5 Å². The standard InChI is InChI=1S/C20H16ClFN2O3S/c1-26-17-10-16(18(27-2)9-15(17)21)24-19(25)8-7-14-11-28-20(23-14)12-3-5-13(22)6-4-12/h3-11H,1-2H3,(H,24,25)/b8-7+. The maximum absolute atomic E-state index is 13.0. The van der Waals surface area contributed by atoms with E-state index in [9.17, 15) is 9.18 Å². The van der Waals surface area contributed by atoms with E-state index in [-0.39, 0.29) is 11.7 Å². The van der Waals surface area contributed by atoms with Crippen LogP contribution in [0.25, 0.3) is 16.6 Å². The Bertz CT molecular complexity index is 1020. The van der Waals surface area contributed by atoms with Crippen LogP contribution in [0.4, 0.5) is 10.1 Å². The number of ether oxygens (including phenoxy) is 2. The number of rotatable bonds is 6. The van der Waals surface area contributed by atoms with Crippen LogP contribution in [0.15, 0.2) is 47.9 Å². The van der Waals surface area contributed by atoms with Crippen molar-refractivity contribution < 1.29 is 18.7 Å². The lowest BCUT2D eigenvalue weighted by molar-refractivity contribution is -0.111. The zero-order valence-corrected chi connectivity index (χ0v) is 16.6. The highest BCUT2D eigenvalue weighted by Gasteiger charge is 2.11. The van der Waals surface area contributed by atoms with Crippen molar-refractivity contribution in [3.8, 4) is 22.1 Å². The lowest BCUT2D eigenvalue weighted by Gasteiger charge is -2.12. The van der Waals surface area contributed by atoms with Gasteiger partial charge < -0.3 is 14.8 Å². The number of anilines is 1. The molecule has 8 heteroatoms. The number of methoxy groups -OCH3 is 2. The maximum atomic E-state index is 13.0. The van der Waals surface area contributed by atoms with Crippen molar-refractivity contribution in [1.82, 2.24) is 4.98 Å². The quantitative estimate of drug-likeness (QED) is 0.554. The normalized spacial score (nSPS) is 10.9. The van der Waals surface area contributed by atoms with Gasteiger partial charge in [0.15, 0.2) is 0 Å². The predicted molar refractivity (Wildman–Crippen MR) is 110 cm³/mol. The molecule has 0 bridgehead atoms. The van der Waals surface area contributed by atoms with Gasteiger partial charge in [-0.2, -0.15) is 0 Å². The molecule has 0 spiro atoms. The van der Waals surface area contributed by atoms with Crippen LogP contribution in [0.1, 0.15) is 5.69 Å². The molecule has 0 saturated carbocycles. The molecule has 0 unspecified atom stereocenters. The summed E-state index contributed by atoms with van der Waals surface area (Å²) in [5.41, 5.74) is 1.87. The second-order valence-corrected chi connectivity index (χ2v) is 6.86. The van der Waals surface area contributed by atoms with E-state index in [1.807, 2.05) is 5.38 Å².